The Morgan fingerprint density at radius 1 is 1.28 bits per heavy atom. The molecule has 1 saturated carbocycles. The van der Waals surface area contributed by atoms with E-state index in [1.807, 2.05) is 6.92 Å². The van der Waals surface area contributed by atoms with Gasteiger partial charge in [-0.05, 0) is 43.4 Å². The van der Waals surface area contributed by atoms with Crippen LogP contribution < -0.4 is 10.6 Å². The van der Waals surface area contributed by atoms with Gasteiger partial charge < -0.3 is 10.6 Å². The Labute approximate surface area is 166 Å². The van der Waals surface area contributed by atoms with Gasteiger partial charge in [0.05, 0.1) is 11.6 Å². The highest BCUT2D eigenvalue weighted by molar-refractivity contribution is 6.09. The number of amides is 4. The van der Waals surface area contributed by atoms with Gasteiger partial charge in [-0.2, -0.15) is 13.2 Å². The van der Waals surface area contributed by atoms with Crippen LogP contribution in [0.15, 0.2) is 24.3 Å². The Morgan fingerprint density at radius 2 is 1.93 bits per heavy atom. The van der Waals surface area contributed by atoms with E-state index in [0.29, 0.717) is 12.0 Å². The highest BCUT2D eigenvalue weighted by Gasteiger charge is 2.55. The highest BCUT2D eigenvalue weighted by Crippen LogP contribution is 2.38. The third kappa shape index (κ3) is 4.09. The number of imide groups is 1. The van der Waals surface area contributed by atoms with Crippen molar-refractivity contribution in [1.82, 2.24) is 15.5 Å². The number of hydrogen-bond acceptors (Lipinski definition) is 3. The first-order valence-corrected chi connectivity index (χ1v) is 9.65. The summed E-state index contributed by atoms with van der Waals surface area (Å²) in [7, 11) is 0. The summed E-state index contributed by atoms with van der Waals surface area (Å²) in [6, 6.07) is 3.32. The maximum absolute atomic E-state index is 12.9. The van der Waals surface area contributed by atoms with Gasteiger partial charge in [-0.1, -0.05) is 31.9 Å². The van der Waals surface area contributed by atoms with Gasteiger partial charge in [0.2, 0.25) is 5.91 Å². The van der Waals surface area contributed by atoms with E-state index in [1.54, 1.807) is 6.92 Å². The average Bonchev–Trinajstić information content (AvgIpc) is 2.88. The number of urea groups is 1. The van der Waals surface area contributed by atoms with Gasteiger partial charge in [0.1, 0.15) is 12.1 Å². The minimum atomic E-state index is -4.43. The van der Waals surface area contributed by atoms with Crippen molar-refractivity contribution in [3.8, 4) is 0 Å². The van der Waals surface area contributed by atoms with E-state index in [0.717, 1.165) is 36.3 Å². The fourth-order valence-corrected chi connectivity index (χ4v) is 4.11. The number of benzene rings is 1. The maximum atomic E-state index is 12.9. The second kappa shape index (κ2) is 7.68. The fraction of sp³-hybridized carbons (Fsp3) is 0.550. The van der Waals surface area contributed by atoms with Crippen molar-refractivity contribution in [2.75, 3.05) is 6.54 Å². The van der Waals surface area contributed by atoms with Crippen LogP contribution in [0.1, 0.15) is 56.7 Å². The zero-order valence-electron chi connectivity index (χ0n) is 16.3. The molecule has 2 N–H and O–H groups in total. The Hall–Kier alpha value is -2.58. The molecule has 0 radical (unpaired) electrons. The zero-order chi connectivity index (χ0) is 21.4. The molecule has 0 bridgehead atoms. The number of nitrogens with zero attached hydrogens (tertiary/aromatic N) is 1. The molecule has 3 rings (SSSR count). The molecule has 1 saturated heterocycles. The Kier molecular flexibility index (Phi) is 5.60. The van der Waals surface area contributed by atoms with Crippen LogP contribution in [0, 0.1) is 5.92 Å². The molecule has 4 amide bonds. The Balaban J connectivity index is 1.63. The van der Waals surface area contributed by atoms with Crippen molar-refractivity contribution in [2.24, 2.45) is 5.92 Å². The topological polar surface area (TPSA) is 78.5 Å². The first-order chi connectivity index (χ1) is 13.5. The maximum Gasteiger partial charge on any atom is 0.416 e. The largest absolute Gasteiger partial charge is 0.416 e. The van der Waals surface area contributed by atoms with E-state index in [2.05, 4.69) is 10.6 Å². The summed E-state index contributed by atoms with van der Waals surface area (Å²) in [5.74, 6) is -0.944. The van der Waals surface area contributed by atoms with Crippen LogP contribution in [-0.2, 0) is 15.8 Å². The van der Waals surface area contributed by atoms with Crippen LogP contribution in [0.2, 0.25) is 0 Å². The molecule has 1 aliphatic carbocycles. The molecule has 1 spiro atoms. The lowest BCUT2D eigenvalue weighted by Gasteiger charge is -2.36. The van der Waals surface area contributed by atoms with E-state index in [4.69, 9.17) is 0 Å². The molecule has 6 nitrogen and oxygen atoms in total. The molecule has 158 valence electrons. The van der Waals surface area contributed by atoms with Crippen LogP contribution in [0.5, 0.6) is 0 Å². The summed E-state index contributed by atoms with van der Waals surface area (Å²) >= 11 is 0. The summed E-state index contributed by atoms with van der Waals surface area (Å²) < 4.78 is 38.0. The Bertz CT molecular complexity index is 809. The number of carbonyl (C=O) groups is 3. The summed E-state index contributed by atoms with van der Waals surface area (Å²) in [5.41, 5.74) is -1.22. The number of nitrogens with one attached hydrogen (secondary N) is 2. The molecule has 1 aromatic rings. The molecular formula is C20H24F3N3O3. The van der Waals surface area contributed by atoms with Crippen LogP contribution in [0.4, 0.5) is 18.0 Å². The third-order valence-electron chi connectivity index (χ3n) is 5.92. The van der Waals surface area contributed by atoms with Gasteiger partial charge in [-0.3, -0.25) is 14.5 Å². The monoisotopic (exact) mass is 411 g/mol. The minimum absolute atomic E-state index is 0.00756. The fourth-order valence-electron chi connectivity index (χ4n) is 4.11. The molecule has 2 aliphatic rings. The van der Waals surface area contributed by atoms with Crippen molar-refractivity contribution < 1.29 is 27.6 Å². The van der Waals surface area contributed by atoms with Crippen LogP contribution in [-0.4, -0.2) is 34.8 Å². The first-order valence-electron chi connectivity index (χ1n) is 9.65. The second-order valence-corrected chi connectivity index (χ2v) is 7.85. The molecule has 0 aromatic heterocycles. The van der Waals surface area contributed by atoms with E-state index in [9.17, 15) is 27.6 Å². The van der Waals surface area contributed by atoms with Crippen LogP contribution in [0.3, 0.4) is 0 Å². The molecule has 3 atom stereocenters. The van der Waals surface area contributed by atoms with Crippen molar-refractivity contribution in [3.63, 3.8) is 0 Å². The highest BCUT2D eigenvalue weighted by atomic mass is 19.4. The number of hydrogen-bond donors (Lipinski definition) is 2. The lowest BCUT2D eigenvalue weighted by Crippen LogP contribution is -2.54. The van der Waals surface area contributed by atoms with Crippen LogP contribution in [0.25, 0.3) is 0 Å². The molecular weight excluding hydrogens is 387 g/mol. The molecule has 9 heteroatoms. The summed E-state index contributed by atoms with van der Waals surface area (Å²) in [4.78, 5) is 38.5. The molecule has 29 heavy (non-hydrogen) atoms. The predicted octanol–water partition coefficient (Wildman–Crippen LogP) is 3.38. The second-order valence-electron chi connectivity index (χ2n) is 7.85. The van der Waals surface area contributed by atoms with Crippen molar-refractivity contribution >= 4 is 17.8 Å². The van der Waals surface area contributed by atoms with E-state index in [-0.39, 0.29) is 11.8 Å². The number of halogens is 3. The van der Waals surface area contributed by atoms with E-state index >= 15 is 0 Å². The first kappa shape index (κ1) is 21.1. The van der Waals surface area contributed by atoms with Gasteiger partial charge in [0.25, 0.3) is 5.91 Å². The SMILES string of the molecule is C[C@H](NC(=O)CN1C(=O)N[C@]2(CCCC[C@H]2C)C1=O)c1ccc(C(F)(F)F)cc1. The molecule has 1 aromatic carbocycles. The van der Waals surface area contributed by atoms with Gasteiger partial charge in [-0.25, -0.2) is 4.79 Å². The van der Waals surface area contributed by atoms with Crippen LogP contribution >= 0.6 is 0 Å². The summed E-state index contributed by atoms with van der Waals surface area (Å²) in [5, 5.41) is 5.41. The molecule has 1 heterocycles. The third-order valence-corrected chi connectivity index (χ3v) is 5.92. The number of alkyl halides is 3. The minimum Gasteiger partial charge on any atom is -0.348 e. The van der Waals surface area contributed by atoms with E-state index < -0.39 is 41.8 Å². The van der Waals surface area contributed by atoms with Crippen molar-refractivity contribution in [1.29, 1.82) is 0 Å². The Morgan fingerprint density at radius 3 is 2.52 bits per heavy atom. The lowest BCUT2D eigenvalue weighted by molar-refractivity contribution is -0.137. The smallest absolute Gasteiger partial charge is 0.348 e. The number of rotatable bonds is 4. The standard InChI is InChI=1S/C20H24F3N3O3/c1-12-5-3-4-10-19(12)17(28)26(18(29)25-19)11-16(27)24-13(2)14-6-8-15(9-7-14)20(21,22)23/h6-9,12-13H,3-5,10-11H2,1-2H3,(H,24,27)(H,25,29)/t12-,13+,19+/m1/s1. The zero-order valence-corrected chi connectivity index (χ0v) is 16.3. The van der Waals surface area contributed by atoms with Gasteiger partial charge >= 0.3 is 12.2 Å². The van der Waals surface area contributed by atoms with Gasteiger partial charge in [0.15, 0.2) is 0 Å². The molecule has 1 aliphatic heterocycles. The van der Waals surface area contributed by atoms with Crippen molar-refractivity contribution in [2.45, 2.75) is 57.3 Å². The molecule has 2 fully saturated rings. The van der Waals surface area contributed by atoms with Crippen molar-refractivity contribution in [3.05, 3.63) is 35.4 Å². The predicted molar refractivity (Wildman–Crippen MR) is 98.6 cm³/mol. The summed E-state index contributed by atoms with van der Waals surface area (Å²) in [6.45, 7) is 3.12. The average molecular weight is 411 g/mol. The number of carbonyl (C=O) groups excluding carboxylic acids is 3. The summed E-state index contributed by atoms with van der Waals surface area (Å²) in [6.07, 6.45) is -1.21. The van der Waals surface area contributed by atoms with Gasteiger partial charge in [-0.15, -0.1) is 0 Å². The molecule has 0 unspecified atom stereocenters. The lowest BCUT2D eigenvalue weighted by atomic mass is 9.73. The van der Waals surface area contributed by atoms with Gasteiger partial charge in [0, 0.05) is 0 Å². The quantitative estimate of drug-likeness (QED) is 0.746. The normalized spacial score (nSPS) is 25.8. The van der Waals surface area contributed by atoms with E-state index in [1.165, 1.54) is 12.1 Å².